The average molecular weight is 219 g/mol. The second kappa shape index (κ2) is 4.77. The predicted octanol–water partition coefficient (Wildman–Crippen LogP) is 3.25. The number of halogens is 2. The molecule has 0 saturated carbocycles. The second-order valence-electron chi connectivity index (χ2n) is 2.97. The quantitative estimate of drug-likeness (QED) is 0.729. The minimum atomic E-state index is 0.0844. The van der Waals surface area contributed by atoms with E-state index >= 15 is 0 Å². The maximum atomic E-state index is 6.08. The van der Waals surface area contributed by atoms with Gasteiger partial charge in [0.1, 0.15) is 5.82 Å². The van der Waals surface area contributed by atoms with Gasteiger partial charge in [0, 0.05) is 23.7 Å². The molecule has 0 aromatic carbocycles. The fourth-order valence-corrected chi connectivity index (χ4v) is 1.28. The molecule has 0 radical (unpaired) electrons. The zero-order valence-corrected chi connectivity index (χ0v) is 9.18. The predicted molar refractivity (Wildman–Crippen MR) is 55.4 cm³/mol. The van der Waals surface area contributed by atoms with E-state index in [1.54, 1.807) is 12.4 Å². The molecule has 0 spiro atoms. The largest absolute Gasteiger partial charge is 0.239 e. The maximum absolute atomic E-state index is 6.08. The molecule has 0 N–H and O–H groups in total. The van der Waals surface area contributed by atoms with Crippen LogP contribution in [0.5, 0.6) is 0 Å². The third-order valence-corrected chi connectivity index (χ3v) is 2.86. The summed E-state index contributed by atoms with van der Waals surface area (Å²) in [4.78, 5) is 8.24. The summed E-state index contributed by atoms with van der Waals surface area (Å²) < 4.78 is 0. The summed E-state index contributed by atoms with van der Waals surface area (Å²) in [6, 6.07) is 0. The summed E-state index contributed by atoms with van der Waals surface area (Å²) in [5, 5.41) is 0.639. The van der Waals surface area contributed by atoms with Crippen LogP contribution in [0.3, 0.4) is 0 Å². The molecule has 0 aliphatic heterocycles. The number of aromatic nitrogens is 2. The standard InChI is InChI=1S/C9H12Cl2N2/c1-3-8(11)6(2)9-12-4-7(10)5-13-9/h4-6,8H,3H2,1-2H3. The van der Waals surface area contributed by atoms with Crippen molar-refractivity contribution in [3.8, 4) is 0 Å². The number of nitrogens with zero attached hydrogens (tertiary/aromatic N) is 2. The third-order valence-electron chi connectivity index (χ3n) is 1.98. The van der Waals surface area contributed by atoms with Crippen molar-refractivity contribution in [2.45, 2.75) is 31.6 Å². The molecule has 2 nitrogen and oxygen atoms in total. The van der Waals surface area contributed by atoms with Crippen LogP contribution >= 0.6 is 23.2 Å². The molecule has 0 amide bonds. The van der Waals surface area contributed by atoms with Crippen LogP contribution in [0.25, 0.3) is 0 Å². The zero-order valence-electron chi connectivity index (χ0n) is 7.67. The van der Waals surface area contributed by atoms with Crippen LogP contribution in [0, 0.1) is 0 Å². The number of rotatable bonds is 3. The highest BCUT2D eigenvalue weighted by Crippen LogP contribution is 2.22. The molecule has 1 heterocycles. The Bertz CT molecular complexity index is 261. The highest BCUT2D eigenvalue weighted by molar-refractivity contribution is 6.30. The molecule has 0 fully saturated rings. The molecule has 0 aliphatic carbocycles. The van der Waals surface area contributed by atoms with Crippen LogP contribution in [0.4, 0.5) is 0 Å². The van der Waals surface area contributed by atoms with Crippen LogP contribution in [0.2, 0.25) is 5.02 Å². The molecular formula is C9H12Cl2N2. The number of hydrogen-bond donors (Lipinski definition) is 0. The number of hydrogen-bond acceptors (Lipinski definition) is 2. The lowest BCUT2D eigenvalue weighted by molar-refractivity contribution is 0.635. The first-order valence-electron chi connectivity index (χ1n) is 4.26. The van der Waals surface area contributed by atoms with Gasteiger partial charge in [0.05, 0.1) is 5.02 Å². The Labute approximate surface area is 88.3 Å². The van der Waals surface area contributed by atoms with Gasteiger partial charge in [0.25, 0.3) is 0 Å². The van der Waals surface area contributed by atoms with E-state index in [-0.39, 0.29) is 11.3 Å². The van der Waals surface area contributed by atoms with E-state index in [1.807, 2.05) is 13.8 Å². The van der Waals surface area contributed by atoms with Gasteiger partial charge in [0.2, 0.25) is 0 Å². The van der Waals surface area contributed by atoms with Gasteiger partial charge in [-0.1, -0.05) is 25.4 Å². The van der Waals surface area contributed by atoms with Gasteiger partial charge in [-0.05, 0) is 6.42 Å². The molecule has 2 unspecified atom stereocenters. The van der Waals surface area contributed by atoms with Gasteiger partial charge in [-0.3, -0.25) is 0 Å². The van der Waals surface area contributed by atoms with Crippen LogP contribution in [-0.4, -0.2) is 15.3 Å². The lowest BCUT2D eigenvalue weighted by Crippen LogP contribution is -2.11. The molecule has 1 aromatic heterocycles. The highest BCUT2D eigenvalue weighted by atomic mass is 35.5. The van der Waals surface area contributed by atoms with Gasteiger partial charge in [-0.2, -0.15) is 0 Å². The van der Waals surface area contributed by atoms with E-state index in [4.69, 9.17) is 23.2 Å². The first kappa shape index (κ1) is 10.7. The molecule has 1 aromatic rings. The second-order valence-corrected chi connectivity index (χ2v) is 3.97. The minimum absolute atomic E-state index is 0.0844. The molecule has 0 aliphatic rings. The summed E-state index contributed by atoms with van der Waals surface area (Å²) in [5.41, 5.74) is 0. The summed E-state index contributed by atoms with van der Waals surface area (Å²) >= 11 is 11.7. The molecular weight excluding hydrogens is 207 g/mol. The van der Waals surface area contributed by atoms with Crippen molar-refractivity contribution in [1.29, 1.82) is 0 Å². The Kier molecular flexibility index (Phi) is 3.94. The van der Waals surface area contributed by atoms with Crippen LogP contribution in [0.15, 0.2) is 12.4 Å². The van der Waals surface area contributed by atoms with E-state index in [0.717, 1.165) is 12.2 Å². The van der Waals surface area contributed by atoms with Gasteiger partial charge >= 0.3 is 0 Å². The van der Waals surface area contributed by atoms with Gasteiger partial charge < -0.3 is 0 Å². The fraction of sp³-hybridized carbons (Fsp3) is 0.556. The van der Waals surface area contributed by atoms with Crippen molar-refractivity contribution in [3.63, 3.8) is 0 Å². The highest BCUT2D eigenvalue weighted by Gasteiger charge is 2.16. The van der Waals surface area contributed by atoms with E-state index in [1.165, 1.54) is 0 Å². The van der Waals surface area contributed by atoms with E-state index in [0.29, 0.717) is 5.02 Å². The van der Waals surface area contributed by atoms with Gasteiger partial charge in [-0.15, -0.1) is 11.6 Å². The van der Waals surface area contributed by atoms with Gasteiger partial charge in [-0.25, -0.2) is 9.97 Å². The maximum Gasteiger partial charge on any atom is 0.132 e. The SMILES string of the molecule is CCC(Cl)C(C)c1ncc(Cl)cn1. The molecule has 13 heavy (non-hydrogen) atoms. The summed E-state index contributed by atoms with van der Waals surface area (Å²) in [7, 11) is 0. The smallest absolute Gasteiger partial charge is 0.132 e. The Morgan fingerprint density at radius 2 is 1.92 bits per heavy atom. The van der Waals surface area contributed by atoms with Crippen molar-refractivity contribution >= 4 is 23.2 Å². The van der Waals surface area contributed by atoms with E-state index < -0.39 is 0 Å². The van der Waals surface area contributed by atoms with Crippen molar-refractivity contribution in [3.05, 3.63) is 23.2 Å². The average Bonchev–Trinajstić information content (AvgIpc) is 2.17. The van der Waals surface area contributed by atoms with Crippen molar-refractivity contribution in [1.82, 2.24) is 9.97 Å². The normalized spacial score (nSPS) is 15.4. The van der Waals surface area contributed by atoms with E-state index in [9.17, 15) is 0 Å². The van der Waals surface area contributed by atoms with Crippen LogP contribution < -0.4 is 0 Å². The van der Waals surface area contributed by atoms with Crippen molar-refractivity contribution in [2.24, 2.45) is 0 Å². The van der Waals surface area contributed by atoms with Crippen LogP contribution in [-0.2, 0) is 0 Å². The van der Waals surface area contributed by atoms with Crippen molar-refractivity contribution < 1.29 is 0 Å². The molecule has 72 valence electrons. The minimum Gasteiger partial charge on any atom is -0.239 e. The third kappa shape index (κ3) is 2.82. The van der Waals surface area contributed by atoms with Gasteiger partial charge in [0.15, 0.2) is 0 Å². The zero-order chi connectivity index (χ0) is 9.84. The Morgan fingerprint density at radius 3 is 2.38 bits per heavy atom. The van der Waals surface area contributed by atoms with Crippen LogP contribution in [0.1, 0.15) is 32.0 Å². The summed E-state index contributed by atoms with van der Waals surface area (Å²) in [6.45, 7) is 4.06. The lowest BCUT2D eigenvalue weighted by atomic mass is 10.1. The van der Waals surface area contributed by atoms with Crippen molar-refractivity contribution in [2.75, 3.05) is 0 Å². The molecule has 0 bridgehead atoms. The first-order valence-corrected chi connectivity index (χ1v) is 5.08. The molecule has 4 heteroatoms. The molecule has 2 atom stereocenters. The number of alkyl halides is 1. The topological polar surface area (TPSA) is 25.8 Å². The summed E-state index contributed by atoms with van der Waals surface area (Å²) in [5.74, 6) is 0.926. The van der Waals surface area contributed by atoms with E-state index in [2.05, 4.69) is 9.97 Å². The fourth-order valence-electron chi connectivity index (χ4n) is 1.07. The molecule has 0 saturated heterocycles. The molecule has 1 rings (SSSR count). The first-order chi connectivity index (χ1) is 6.15. The Morgan fingerprint density at radius 1 is 1.38 bits per heavy atom. The monoisotopic (exact) mass is 218 g/mol. The lowest BCUT2D eigenvalue weighted by Gasteiger charge is -2.14. The Balaban J connectivity index is 2.77. The Hall–Kier alpha value is -0.340. The summed E-state index contributed by atoms with van der Waals surface area (Å²) in [6.07, 6.45) is 4.11.